The summed E-state index contributed by atoms with van der Waals surface area (Å²) < 4.78 is 11.6. The normalized spacial score (nSPS) is 15.2. The minimum atomic E-state index is -0.455. The molecule has 0 atom stereocenters. The van der Waals surface area contributed by atoms with Gasteiger partial charge in [-0.3, -0.25) is 0 Å². The maximum absolute atomic E-state index is 12.1. The zero-order valence-electron chi connectivity index (χ0n) is 22.0. The number of hydrogen-bond acceptors (Lipinski definition) is 3. The van der Waals surface area contributed by atoms with Gasteiger partial charge < -0.3 is 14.4 Å². The van der Waals surface area contributed by atoms with Crippen LogP contribution in [-0.2, 0) is 11.2 Å². The van der Waals surface area contributed by atoms with E-state index in [-0.39, 0.29) is 11.7 Å². The summed E-state index contributed by atoms with van der Waals surface area (Å²) in [4.78, 5) is 13.9. The number of carbonyl (C=O) groups is 1. The minimum absolute atomic E-state index is 0.189. The van der Waals surface area contributed by atoms with E-state index in [1.807, 2.05) is 80.5 Å². The number of carbonyl (C=O) groups excluding carboxylic acids is 1. The molecule has 5 heteroatoms. The third kappa shape index (κ3) is 11.1. The van der Waals surface area contributed by atoms with Crippen LogP contribution >= 0.6 is 11.6 Å². The molecule has 0 bridgehead atoms. The number of rotatable bonds is 0. The second-order valence-corrected chi connectivity index (χ2v) is 8.32. The van der Waals surface area contributed by atoms with E-state index in [4.69, 9.17) is 21.1 Å². The lowest BCUT2D eigenvalue weighted by molar-refractivity contribution is -0.00887. The molecule has 1 amide bonds. The van der Waals surface area contributed by atoms with Gasteiger partial charge in [0.2, 0.25) is 0 Å². The molecule has 182 valence electrons. The molecular formula is C26H48ClNO3. The maximum atomic E-state index is 12.1. The minimum Gasteiger partial charge on any atom is -0.487 e. The summed E-state index contributed by atoms with van der Waals surface area (Å²) in [6, 6.07) is 5.77. The van der Waals surface area contributed by atoms with Crippen LogP contribution in [0.25, 0.3) is 0 Å². The van der Waals surface area contributed by atoms with Crippen molar-refractivity contribution in [2.75, 3.05) is 13.1 Å². The first kappa shape index (κ1) is 31.8. The highest BCUT2D eigenvalue weighted by molar-refractivity contribution is 6.30. The number of hydrogen-bond donors (Lipinski definition) is 0. The van der Waals surface area contributed by atoms with E-state index >= 15 is 0 Å². The molecule has 1 aromatic rings. The second-order valence-electron chi connectivity index (χ2n) is 7.89. The monoisotopic (exact) mass is 457 g/mol. The number of piperidine rings is 1. The highest BCUT2D eigenvalue weighted by atomic mass is 35.5. The Morgan fingerprint density at radius 3 is 2.00 bits per heavy atom. The van der Waals surface area contributed by atoms with E-state index in [9.17, 15) is 4.79 Å². The first-order chi connectivity index (χ1) is 14.7. The van der Waals surface area contributed by atoms with Gasteiger partial charge in [-0.15, -0.1) is 0 Å². The van der Waals surface area contributed by atoms with Crippen molar-refractivity contribution in [2.45, 2.75) is 113 Å². The van der Waals surface area contributed by atoms with Gasteiger partial charge >= 0.3 is 6.09 Å². The summed E-state index contributed by atoms with van der Waals surface area (Å²) in [6.07, 6.45) is 3.52. The van der Waals surface area contributed by atoms with Crippen LogP contribution < -0.4 is 4.74 Å². The SMILES string of the molecule is CC.CC.CC.CC(C)(C)OC(=O)N1CCC2(CC1)Cc1cc(Cl)ccc1O2.CCC. The predicted molar refractivity (Wildman–Crippen MR) is 136 cm³/mol. The second kappa shape index (κ2) is 16.2. The Labute approximate surface area is 197 Å². The zero-order valence-corrected chi connectivity index (χ0v) is 22.8. The van der Waals surface area contributed by atoms with Gasteiger partial charge in [0.25, 0.3) is 0 Å². The fraction of sp³-hybridized carbons (Fsp3) is 0.731. The topological polar surface area (TPSA) is 38.8 Å². The van der Waals surface area contributed by atoms with Gasteiger partial charge in [0, 0.05) is 37.4 Å². The van der Waals surface area contributed by atoms with Gasteiger partial charge in [-0.25, -0.2) is 4.79 Å². The molecule has 4 nitrogen and oxygen atoms in total. The Kier molecular flexibility index (Phi) is 16.6. The van der Waals surface area contributed by atoms with E-state index in [1.54, 1.807) is 4.90 Å². The Bertz CT molecular complexity index is 603. The lowest BCUT2D eigenvalue weighted by Crippen LogP contribution is -2.50. The molecule has 0 aromatic heterocycles. The summed E-state index contributed by atoms with van der Waals surface area (Å²) in [7, 11) is 0. The highest BCUT2D eigenvalue weighted by Crippen LogP contribution is 2.42. The lowest BCUT2D eigenvalue weighted by atomic mass is 9.87. The third-order valence-corrected chi connectivity index (χ3v) is 4.42. The van der Waals surface area contributed by atoms with Crippen molar-refractivity contribution in [3.63, 3.8) is 0 Å². The van der Waals surface area contributed by atoms with Crippen LogP contribution in [0.15, 0.2) is 18.2 Å². The van der Waals surface area contributed by atoms with Gasteiger partial charge in [-0.1, -0.05) is 73.4 Å². The molecule has 31 heavy (non-hydrogen) atoms. The highest BCUT2D eigenvalue weighted by Gasteiger charge is 2.43. The van der Waals surface area contributed by atoms with Gasteiger partial charge in [0.05, 0.1) is 0 Å². The van der Waals surface area contributed by atoms with Gasteiger partial charge in [-0.05, 0) is 44.5 Å². The van der Waals surface area contributed by atoms with Crippen LogP contribution in [0.2, 0.25) is 5.02 Å². The van der Waals surface area contributed by atoms with Crippen LogP contribution in [0.5, 0.6) is 5.75 Å². The molecule has 0 radical (unpaired) electrons. The first-order valence-corrected chi connectivity index (χ1v) is 12.5. The van der Waals surface area contributed by atoms with E-state index < -0.39 is 5.60 Å². The molecule has 0 unspecified atom stereocenters. The van der Waals surface area contributed by atoms with Gasteiger partial charge in [0.1, 0.15) is 17.0 Å². The quantitative estimate of drug-likeness (QED) is 0.391. The number of fused-ring (bicyclic) bond motifs is 1. The number of nitrogens with zero attached hydrogens (tertiary/aromatic N) is 1. The summed E-state index contributed by atoms with van der Waals surface area (Å²) in [5.41, 5.74) is 0.521. The lowest BCUT2D eigenvalue weighted by Gasteiger charge is -2.39. The molecule has 3 rings (SSSR count). The number of ether oxygens (including phenoxy) is 2. The molecule has 1 fully saturated rings. The van der Waals surface area contributed by atoms with Crippen molar-refractivity contribution < 1.29 is 14.3 Å². The van der Waals surface area contributed by atoms with Crippen LogP contribution in [-0.4, -0.2) is 35.3 Å². The maximum Gasteiger partial charge on any atom is 0.410 e. The number of amides is 1. The summed E-state index contributed by atoms with van der Waals surface area (Å²) in [5, 5.41) is 0.741. The molecule has 0 aliphatic carbocycles. The predicted octanol–water partition coefficient (Wildman–Crippen LogP) is 8.54. The Balaban J connectivity index is 0. The molecule has 2 aliphatic heterocycles. The largest absolute Gasteiger partial charge is 0.487 e. The average molecular weight is 458 g/mol. The molecule has 0 saturated carbocycles. The molecule has 1 aromatic carbocycles. The Morgan fingerprint density at radius 2 is 1.55 bits per heavy atom. The molecule has 2 heterocycles. The fourth-order valence-electron chi connectivity index (χ4n) is 3.10. The van der Waals surface area contributed by atoms with Gasteiger partial charge in [0.15, 0.2) is 0 Å². The van der Waals surface area contributed by atoms with E-state index in [1.165, 1.54) is 12.0 Å². The zero-order chi connectivity index (χ0) is 24.7. The smallest absolute Gasteiger partial charge is 0.410 e. The number of likely N-dealkylation sites (tertiary alicyclic amines) is 1. The van der Waals surface area contributed by atoms with Crippen molar-refractivity contribution >= 4 is 17.7 Å². The third-order valence-electron chi connectivity index (χ3n) is 4.19. The van der Waals surface area contributed by atoms with Crippen molar-refractivity contribution in [3.8, 4) is 5.75 Å². The van der Waals surface area contributed by atoms with Crippen LogP contribution in [0.1, 0.15) is 101 Å². The summed E-state index contributed by atoms with van der Waals surface area (Å²) in [5.74, 6) is 0.926. The van der Waals surface area contributed by atoms with Crippen LogP contribution in [0, 0.1) is 0 Å². The van der Waals surface area contributed by atoms with Crippen molar-refractivity contribution in [3.05, 3.63) is 28.8 Å². The van der Waals surface area contributed by atoms with E-state index in [0.29, 0.717) is 13.1 Å². The summed E-state index contributed by atoms with van der Waals surface area (Å²) >= 11 is 6.05. The van der Waals surface area contributed by atoms with Crippen molar-refractivity contribution in [1.82, 2.24) is 4.90 Å². The first-order valence-electron chi connectivity index (χ1n) is 12.1. The molecule has 2 aliphatic rings. The summed E-state index contributed by atoms with van der Waals surface area (Å²) in [6.45, 7) is 23.2. The number of benzene rings is 1. The van der Waals surface area contributed by atoms with E-state index in [2.05, 4.69) is 13.8 Å². The molecule has 1 saturated heterocycles. The van der Waals surface area contributed by atoms with Crippen molar-refractivity contribution in [1.29, 1.82) is 0 Å². The molecule has 1 spiro atoms. The number of halogens is 1. The Hall–Kier alpha value is -1.42. The molecule has 0 N–H and O–H groups in total. The van der Waals surface area contributed by atoms with Crippen LogP contribution in [0.4, 0.5) is 4.79 Å². The van der Waals surface area contributed by atoms with Gasteiger partial charge in [-0.2, -0.15) is 0 Å². The van der Waals surface area contributed by atoms with E-state index in [0.717, 1.165) is 30.0 Å². The molecular weight excluding hydrogens is 410 g/mol. The van der Waals surface area contributed by atoms with Crippen LogP contribution in [0.3, 0.4) is 0 Å². The average Bonchev–Trinajstić information content (AvgIpc) is 3.09. The van der Waals surface area contributed by atoms with Crippen molar-refractivity contribution in [2.24, 2.45) is 0 Å². The fourth-order valence-corrected chi connectivity index (χ4v) is 3.30. The Morgan fingerprint density at radius 1 is 1.06 bits per heavy atom. The standard InChI is InChI=1S/C17H22ClNO3.C3H8.3C2H6/c1-16(2,3)22-15(20)19-8-6-17(7-9-19)11-12-10-13(18)4-5-14(12)21-17;1-3-2;3*1-2/h4-5,10H,6-9,11H2,1-3H3;3H2,1-2H3;3*1-2H3.